The summed E-state index contributed by atoms with van der Waals surface area (Å²) in [7, 11) is -3.69. The molecule has 0 aliphatic heterocycles. The highest BCUT2D eigenvalue weighted by atomic mass is 79.9. The van der Waals surface area contributed by atoms with Gasteiger partial charge in [-0.1, -0.05) is 36.4 Å². The summed E-state index contributed by atoms with van der Waals surface area (Å²) in [5, 5.41) is 0. The van der Waals surface area contributed by atoms with E-state index in [9.17, 15) is 13.2 Å². The topological polar surface area (TPSA) is 72.5 Å². The van der Waals surface area contributed by atoms with Gasteiger partial charge in [0.05, 0.1) is 20.6 Å². The van der Waals surface area contributed by atoms with Crippen LogP contribution in [0.3, 0.4) is 0 Å². The maximum Gasteiger partial charge on any atom is 0.343 e. The number of carbonyl (C=O) groups excluding carboxylic acids is 1. The first kappa shape index (κ1) is 18.2. The van der Waals surface area contributed by atoms with Gasteiger partial charge >= 0.3 is 5.97 Å². The Morgan fingerprint density at radius 1 is 0.885 bits per heavy atom. The number of anilines is 1. The molecule has 0 fully saturated rings. The molecule has 0 aliphatic rings. The minimum absolute atomic E-state index is 0.163. The molecule has 0 saturated carbocycles. The van der Waals surface area contributed by atoms with E-state index in [-0.39, 0.29) is 4.90 Å². The molecule has 0 heterocycles. The van der Waals surface area contributed by atoms with Gasteiger partial charge in [-0.15, -0.1) is 0 Å². The van der Waals surface area contributed by atoms with Gasteiger partial charge in [0, 0.05) is 0 Å². The number of sulfonamides is 1. The molecule has 3 rings (SSSR count). The highest BCUT2D eigenvalue weighted by Gasteiger charge is 2.15. The van der Waals surface area contributed by atoms with Crippen LogP contribution in [0.25, 0.3) is 0 Å². The van der Waals surface area contributed by atoms with Gasteiger partial charge in [-0.3, -0.25) is 4.72 Å². The SMILES string of the molecule is O=C(Oc1ccc(NS(=O)(=O)c2ccccc2)cc1Br)c1ccccc1. The van der Waals surface area contributed by atoms with Gasteiger partial charge in [0.15, 0.2) is 0 Å². The van der Waals surface area contributed by atoms with Crippen LogP contribution < -0.4 is 9.46 Å². The Kier molecular flexibility index (Phi) is 5.39. The fraction of sp³-hybridized carbons (Fsp3) is 0. The number of nitrogens with one attached hydrogen (secondary N) is 1. The molecule has 132 valence electrons. The Labute approximate surface area is 159 Å². The number of carbonyl (C=O) groups is 1. The number of halogens is 1. The summed E-state index contributed by atoms with van der Waals surface area (Å²) in [6, 6.07) is 21.2. The summed E-state index contributed by atoms with van der Waals surface area (Å²) >= 11 is 3.30. The minimum Gasteiger partial charge on any atom is -0.422 e. The predicted octanol–water partition coefficient (Wildman–Crippen LogP) is 4.47. The first-order valence-corrected chi connectivity index (χ1v) is 9.88. The Morgan fingerprint density at radius 2 is 1.50 bits per heavy atom. The fourth-order valence-corrected chi connectivity index (χ4v) is 3.72. The van der Waals surface area contributed by atoms with Gasteiger partial charge in [-0.05, 0) is 58.4 Å². The lowest BCUT2D eigenvalue weighted by atomic mass is 10.2. The van der Waals surface area contributed by atoms with Crippen molar-refractivity contribution in [2.75, 3.05) is 4.72 Å². The number of esters is 1. The van der Waals surface area contributed by atoms with Gasteiger partial charge in [-0.25, -0.2) is 13.2 Å². The Morgan fingerprint density at radius 3 is 2.12 bits per heavy atom. The van der Waals surface area contributed by atoms with E-state index in [1.807, 2.05) is 0 Å². The zero-order valence-corrected chi connectivity index (χ0v) is 15.8. The number of ether oxygens (including phenoxy) is 1. The molecule has 1 N–H and O–H groups in total. The first-order chi connectivity index (χ1) is 12.5. The molecule has 0 aromatic heterocycles. The molecule has 3 aromatic rings. The van der Waals surface area contributed by atoms with Gasteiger partial charge in [0.1, 0.15) is 5.75 Å². The molecule has 0 saturated heterocycles. The van der Waals surface area contributed by atoms with Crippen molar-refractivity contribution in [3.8, 4) is 5.75 Å². The van der Waals surface area contributed by atoms with Crippen molar-refractivity contribution in [1.29, 1.82) is 0 Å². The minimum atomic E-state index is -3.69. The van der Waals surface area contributed by atoms with Gasteiger partial charge in [-0.2, -0.15) is 0 Å². The van der Waals surface area contributed by atoms with E-state index in [4.69, 9.17) is 4.74 Å². The van der Waals surface area contributed by atoms with Crippen LogP contribution in [0.2, 0.25) is 0 Å². The average Bonchev–Trinajstić information content (AvgIpc) is 2.65. The third-order valence-electron chi connectivity index (χ3n) is 3.45. The molecule has 0 aliphatic carbocycles. The Hall–Kier alpha value is -2.64. The highest BCUT2D eigenvalue weighted by Crippen LogP contribution is 2.30. The molecular formula is C19H14BrNO4S. The highest BCUT2D eigenvalue weighted by molar-refractivity contribution is 9.10. The van der Waals surface area contributed by atoms with E-state index >= 15 is 0 Å². The van der Waals surface area contributed by atoms with E-state index in [0.717, 1.165) is 0 Å². The summed E-state index contributed by atoms with van der Waals surface area (Å²) in [4.78, 5) is 12.3. The van der Waals surface area contributed by atoms with Crippen molar-refractivity contribution in [3.05, 3.63) is 88.9 Å². The van der Waals surface area contributed by atoms with Crippen molar-refractivity contribution in [2.45, 2.75) is 4.90 Å². The molecule has 7 heteroatoms. The van der Waals surface area contributed by atoms with Crippen molar-refractivity contribution < 1.29 is 17.9 Å². The zero-order valence-electron chi connectivity index (χ0n) is 13.4. The first-order valence-electron chi connectivity index (χ1n) is 7.60. The van der Waals surface area contributed by atoms with Crippen molar-refractivity contribution in [3.63, 3.8) is 0 Å². The van der Waals surface area contributed by atoms with Gasteiger partial charge < -0.3 is 4.74 Å². The molecule has 0 amide bonds. The third-order valence-corrected chi connectivity index (χ3v) is 5.47. The van der Waals surface area contributed by atoms with E-state index in [0.29, 0.717) is 21.5 Å². The molecule has 0 atom stereocenters. The lowest BCUT2D eigenvalue weighted by Crippen LogP contribution is -2.13. The van der Waals surface area contributed by atoms with Gasteiger partial charge in [0.25, 0.3) is 10.0 Å². The summed E-state index contributed by atoms with van der Waals surface area (Å²) < 4.78 is 33.0. The maximum absolute atomic E-state index is 12.3. The standard InChI is InChI=1S/C19H14BrNO4S/c20-17-13-15(21-26(23,24)16-9-5-2-6-10-16)11-12-18(17)25-19(22)14-7-3-1-4-8-14/h1-13,21H. The van der Waals surface area contributed by atoms with Gasteiger partial charge in [0.2, 0.25) is 0 Å². The van der Waals surface area contributed by atoms with Crippen molar-refractivity contribution >= 4 is 37.6 Å². The van der Waals surface area contributed by atoms with E-state index in [1.54, 1.807) is 48.5 Å². The van der Waals surface area contributed by atoms with Crippen LogP contribution >= 0.6 is 15.9 Å². The normalized spacial score (nSPS) is 11.0. The van der Waals surface area contributed by atoms with Crippen molar-refractivity contribution in [2.24, 2.45) is 0 Å². The summed E-state index contributed by atoms with van der Waals surface area (Å²) in [6.07, 6.45) is 0. The van der Waals surface area contributed by atoms with Crippen LogP contribution in [0, 0.1) is 0 Å². The monoisotopic (exact) mass is 431 g/mol. The van der Waals surface area contributed by atoms with Crippen LogP contribution in [-0.4, -0.2) is 14.4 Å². The van der Waals surface area contributed by atoms with Crippen LogP contribution in [-0.2, 0) is 10.0 Å². The van der Waals surface area contributed by atoms with Crippen LogP contribution in [0.1, 0.15) is 10.4 Å². The molecular weight excluding hydrogens is 418 g/mol. The lowest BCUT2D eigenvalue weighted by molar-refractivity contribution is 0.0733. The maximum atomic E-state index is 12.3. The number of hydrogen-bond acceptors (Lipinski definition) is 4. The van der Waals surface area contributed by atoms with E-state index in [1.165, 1.54) is 30.3 Å². The molecule has 5 nitrogen and oxygen atoms in total. The second-order valence-corrected chi connectivity index (χ2v) is 7.86. The molecule has 3 aromatic carbocycles. The largest absolute Gasteiger partial charge is 0.422 e. The Balaban J connectivity index is 1.77. The quantitative estimate of drug-likeness (QED) is 0.477. The summed E-state index contributed by atoms with van der Waals surface area (Å²) in [6.45, 7) is 0. The predicted molar refractivity (Wildman–Crippen MR) is 103 cm³/mol. The van der Waals surface area contributed by atoms with E-state index < -0.39 is 16.0 Å². The molecule has 0 unspecified atom stereocenters. The summed E-state index contributed by atoms with van der Waals surface area (Å²) in [5.74, 6) is -0.203. The smallest absolute Gasteiger partial charge is 0.343 e. The van der Waals surface area contributed by atoms with Crippen molar-refractivity contribution in [1.82, 2.24) is 0 Å². The van der Waals surface area contributed by atoms with Crippen LogP contribution in [0.4, 0.5) is 5.69 Å². The molecule has 0 radical (unpaired) electrons. The number of hydrogen-bond donors (Lipinski definition) is 1. The molecule has 26 heavy (non-hydrogen) atoms. The zero-order chi connectivity index (χ0) is 18.6. The van der Waals surface area contributed by atoms with Crippen LogP contribution in [0.5, 0.6) is 5.75 Å². The average molecular weight is 432 g/mol. The second kappa shape index (κ2) is 7.72. The fourth-order valence-electron chi connectivity index (χ4n) is 2.19. The third kappa shape index (κ3) is 4.30. The van der Waals surface area contributed by atoms with E-state index in [2.05, 4.69) is 20.7 Å². The van der Waals surface area contributed by atoms with Crippen LogP contribution in [0.15, 0.2) is 88.2 Å². The molecule has 0 spiro atoms. The Bertz CT molecular complexity index is 1020. The second-order valence-electron chi connectivity index (χ2n) is 5.32. The molecule has 0 bridgehead atoms. The lowest BCUT2D eigenvalue weighted by Gasteiger charge is -2.11. The number of rotatable bonds is 5. The number of benzene rings is 3. The summed E-state index contributed by atoms with van der Waals surface area (Å²) in [5.41, 5.74) is 0.772.